The first-order valence-electron chi connectivity index (χ1n) is 12.5. The highest BCUT2D eigenvalue weighted by atomic mass is 16.5. The predicted molar refractivity (Wildman–Crippen MR) is 131 cm³/mol. The van der Waals surface area contributed by atoms with E-state index in [4.69, 9.17) is 9.84 Å². The molecule has 3 aliphatic rings. The Bertz CT molecular complexity index is 1200. The van der Waals surface area contributed by atoms with Gasteiger partial charge in [0.05, 0.1) is 19.0 Å². The molecular formula is C28H32N4O2. The number of benzene rings is 1. The summed E-state index contributed by atoms with van der Waals surface area (Å²) in [6.07, 6.45) is 9.79. The Hall–Kier alpha value is -3.15. The van der Waals surface area contributed by atoms with Gasteiger partial charge in [0.1, 0.15) is 11.6 Å². The Morgan fingerprint density at radius 3 is 2.91 bits per heavy atom. The van der Waals surface area contributed by atoms with Gasteiger partial charge in [-0.1, -0.05) is 31.2 Å². The van der Waals surface area contributed by atoms with E-state index in [1.807, 2.05) is 6.07 Å². The van der Waals surface area contributed by atoms with E-state index < -0.39 is 0 Å². The number of H-pyrrole nitrogens is 1. The van der Waals surface area contributed by atoms with Crippen molar-refractivity contribution in [2.75, 3.05) is 12.4 Å². The lowest BCUT2D eigenvalue weighted by molar-refractivity contribution is -0.116. The zero-order valence-corrected chi connectivity index (χ0v) is 19.9. The van der Waals surface area contributed by atoms with Crippen LogP contribution in [0.2, 0.25) is 0 Å². The summed E-state index contributed by atoms with van der Waals surface area (Å²) in [6.45, 7) is 2.43. The molecule has 1 amide bonds. The Labute approximate surface area is 200 Å². The summed E-state index contributed by atoms with van der Waals surface area (Å²) in [5.74, 6) is 3.39. The summed E-state index contributed by atoms with van der Waals surface area (Å²) in [4.78, 5) is 17.1. The van der Waals surface area contributed by atoms with Gasteiger partial charge in [-0.25, -0.2) is 4.98 Å². The zero-order valence-electron chi connectivity index (χ0n) is 19.9. The number of ether oxygens (including phenoxy) is 1. The first-order valence-corrected chi connectivity index (χ1v) is 12.5. The van der Waals surface area contributed by atoms with Crippen molar-refractivity contribution in [2.45, 2.75) is 62.7 Å². The maximum absolute atomic E-state index is 12.9. The van der Waals surface area contributed by atoms with Crippen LogP contribution in [-0.2, 0) is 16.6 Å². The van der Waals surface area contributed by atoms with Gasteiger partial charge in [0.25, 0.3) is 0 Å². The molecule has 6 rings (SSSR count). The minimum absolute atomic E-state index is 0.0117. The van der Waals surface area contributed by atoms with Gasteiger partial charge in [-0.15, -0.1) is 0 Å². The van der Waals surface area contributed by atoms with Crippen molar-refractivity contribution in [1.82, 2.24) is 15.2 Å². The standard InChI is InChI=1S/C28H32N4O2/c1-28-14-13-20-19-6-4-3-5-17(19)7-9-21(20)26(28)22(23-16-30-32-27(23)28)10-12-25(33)31-24-11-8-18(34-2)15-29-24/h3-6,8,11,15-16,20-22,26H,7,9-10,12-14H2,1-2H3,(H,30,32)(H,29,31,33)/t20?,21?,22-,26?,28+/m1/s1. The molecule has 2 heterocycles. The number of hydrogen-bond donors (Lipinski definition) is 2. The smallest absolute Gasteiger partial charge is 0.225 e. The van der Waals surface area contributed by atoms with E-state index in [0.717, 1.165) is 19.3 Å². The van der Waals surface area contributed by atoms with Gasteiger partial charge in [0, 0.05) is 18.0 Å². The molecule has 0 aliphatic heterocycles. The molecule has 2 aromatic heterocycles. The minimum Gasteiger partial charge on any atom is -0.495 e. The largest absolute Gasteiger partial charge is 0.495 e. The first kappa shape index (κ1) is 21.4. The predicted octanol–water partition coefficient (Wildman–Crippen LogP) is 5.34. The van der Waals surface area contributed by atoms with Gasteiger partial charge in [0.2, 0.25) is 5.91 Å². The number of hydrogen-bond acceptors (Lipinski definition) is 4. The maximum atomic E-state index is 12.9. The second kappa shape index (κ2) is 8.26. The molecule has 2 N–H and O–H groups in total. The van der Waals surface area contributed by atoms with Crippen LogP contribution in [0.5, 0.6) is 5.75 Å². The third-order valence-electron chi connectivity index (χ3n) is 8.86. The lowest BCUT2D eigenvalue weighted by Crippen LogP contribution is -2.44. The number of carbonyl (C=O) groups is 1. The molecule has 1 saturated carbocycles. The number of aromatic amines is 1. The molecule has 0 bridgehead atoms. The van der Waals surface area contributed by atoms with E-state index in [1.54, 1.807) is 24.9 Å². The molecule has 6 heteroatoms. The van der Waals surface area contributed by atoms with E-state index in [9.17, 15) is 4.79 Å². The second-order valence-electron chi connectivity index (χ2n) is 10.5. The number of methoxy groups -OCH3 is 1. The number of nitrogens with one attached hydrogen (secondary N) is 2. The van der Waals surface area contributed by atoms with Gasteiger partial charge in [-0.05, 0) is 84.6 Å². The fraction of sp³-hybridized carbons (Fsp3) is 0.464. The van der Waals surface area contributed by atoms with Crippen LogP contribution in [0.1, 0.15) is 73.2 Å². The molecule has 34 heavy (non-hydrogen) atoms. The van der Waals surface area contributed by atoms with Crippen LogP contribution < -0.4 is 10.1 Å². The number of carbonyl (C=O) groups excluding carboxylic acids is 1. The zero-order chi connectivity index (χ0) is 23.3. The highest BCUT2D eigenvalue weighted by Gasteiger charge is 2.58. The molecule has 176 valence electrons. The fourth-order valence-corrected chi connectivity index (χ4v) is 7.42. The molecule has 1 fully saturated rings. The number of anilines is 1. The first-order chi connectivity index (χ1) is 16.6. The van der Waals surface area contributed by atoms with Gasteiger partial charge < -0.3 is 10.1 Å². The topological polar surface area (TPSA) is 79.9 Å². The van der Waals surface area contributed by atoms with Crippen LogP contribution in [0.4, 0.5) is 5.82 Å². The molecule has 3 aliphatic carbocycles. The summed E-state index contributed by atoms with van der Waals surface area (Å²) in [6, 6.07) is 12.6. The van der Waals surface area contributed by atoms with Crippen molar-refractivity contribution in [3.63, 3.8) is 0 Å². The number of fused-ring (bicyclic) bond motifs is 7. The summed E-state index contributed by atoms with van der Waals surface area (Å²) >= 11 is 0. The molecule has 0 spiro atoms. The Balaban J connectivity index is 1.23. The van der Waals surface area contributed by atoms with Gasteiger partial charge in [-0.2, -0.15) is 5.10 Å². The highest BCUT2D eigenvalue weighted by Crippen LogP contribution is 2.64. The molecule has 1 aromatic carbocycles. The number of nitrogens with zero attached hydrogens (tertiary/aromatic N) is 2. The molecule has 3 aromatic rings. The number of rotatable bonds is 5. The minimum atomic E-state index is 0.0117. The molecule has 0 saturated heterocycles. The molecule has 3 unspecified atom stereocenters. The van der Waals surface area contributed by atoms with Crippen LogP contribution in [0.25, 0.3) is 0 Å². The van der Waals surface area contributed by atoms with Crippen LogP contribution in [-0.4, -0.2) is 28.2 Å². The van der Waals surface area contributed by atoms with Crippen molar-refractivity contribution >= 4 is 11.7 Å². The van der Waals surface area contributed by atoms with Crippen molar-refractivity contribution in [3.05, 3.63) is 71.2 Å². The van der Waals surface area contributed by atoms with Crippen LogP contribution in [0.15, 0.2) is 48.8 Å². The maximum Gasteiger partial charge on any atom is 0.225 e. The van der Waals surface area contributed by atoms with Crippen molar-refractivity contribution in [3.8, 4) is 5.75 Å². The number of pyridine rings is 1. The number of amides is 1. The normalized spacial score (nSPS) is 28.9. The summed E-state index contributed by atoms with van der Waals surface area (Å²) < 4.78 is 5.16. The SMILES string of the molecule is COc1ccc(NC(=O)CC[C@@H]2c3c[nH]nc3[C@@]3(C)CCC4c5ccccc5CCC4C23)nc1. The summed E-state index contributed by atoms with van der Waals surface area (Å²) in [5, 5.41) is 10.8. The summed E-state index contributed by atoms with van der Waals surface area (Å²) in [7, 11) is 1.61. The third-order valence-corrected chi connectivity index (χ3v) is 8.86. The van der Waals surface area contributed by atoms with Crippen LogP contribution in [0, 0.1) is 11.8 Å². The highest BCUT2D eigenvalue weighted by molar-refractivity contribution is 5.89. The van der Waals surface area contributed by atoms with Crippen molar-refractivity contribution in [2.24, 2.45) is 11.8 Å². The second-order valence-corrected chi connectivity index (χ2v) is 10.5. The molecule has 5 atom stereocenters. The average Bonchev–Trinajstić information content (AvgIpc) is 3.44. The lowest BCUT2D eigenvalue weighted by Gasteiger charge is -2.50. The Morgan fingerprint density at radius 2 is 2.09 bits per heavy atom. The van der Waals surface area contributed by atoms with E-state index >= 15 is 0 Å². The third kappa shape index (κ3) is 3.34. The summed E-state index contributed by atoms with van der Waals surface area (Å²) in [5.41, 5.74) is 5.77. The van der Waals surface area contributed by atoms with E-state index in [2.05, 4.69) is 52.8 Å². The monoisotopic (exact) mass is 456 g/mol. The van der Waals surface area contributed by atoms with E-state index in [0.29, 0.717) is 41.7 Å². The fourth-order valence-electron chi connectivity index (χ4n) is 7.42. The Kier molecular flexibility index (Phi) is 5.19. The molecule has 0 radical (unpaired) electrons. The molecule has 6 nitrogen and oxygen atoms in total. The van der Waals surface area contributed by atoms with Crippen LogP contribution >= 0.6 is 0 Å². The Morgan fingerprint density at radius 1 is 1.21 bits per heavy atom. The van der Waals surface area contributed by atoms with Crippen LogP contribution in [0.3, 0.4) is 0 Å². The van der Waals surface area contributed by atoms with Crippen molar-refractivity contribution in [1.29, 1.82) is 0 Å². The van der Waals surface area contributed by atoms with E-state index in [-0.39, 0.29) is 11.3 Å². The number of aromatic nitrogens is 3. The van der Waals surface area contributed by atoms with Crippen molar-refractivity contribution < 1.29 is 9.53 Å². The van der Waals surface area contributed by atoms with Gasteiger partial charge in [-0.3, -0.25) is 9.89 Å². The van der Waals surface area contributed by atoms with Gasteiger partial charge >= 0.3 is 0 Å². The quantitative estimate of drug-likeness (QED) is 0.543. The average molecular weight is 457 g/mol. The lowest BCUT2D eigenvalue weighted by atomic mass is 9.53. The molecular weight excluding hydrogens is 424 g/mol. The van der Waals surface area contributed by atoms with Gasteiger partial charge in [0.15, 0.2) is 0 Å². The van der Waals surface area contributed by atoms with E-state index in [1.165, 1.54) is 29.7 Å². The number of aryl methyl sites for hydroxylation is 1.